The lowest BCUT2D eigenvalue weighted by molar-refractivity contribution is 0.0635. The van der Waals surface area contributed by atoms with Crippen LogP contribution in [0.4, 0.5) is 0 Å². The number of likely N-dealkylation sites (tertiary alicyclic amines) is 1. The van der Waals surface area contributed by atoms with Gasteiger partial charge in [-0.1, -0.05) is 5.16 Å². The molecule has 2 heterocycles. The smallest absolute Gasteiger partial charge is 0.295 e. The molecule has 1 aromatic heterocycles. The Morgan fingerprint density at radius 2 is 2.33 bits per heavy atom. The summed E-state index contributed by atoms with van der Waals surface area (Å²) in [5.74, 6) is 0.476. The fourth-order valence-electron chi connectivity index (χ4n) is 1.05. The fraction of sp³-hybridized carbons (Fsp3) is 0.571. The van der Waals surface area contributed by atoms with Crippen molar-refractivity contribution in [2.75, 3.05) is 13.1 Å². The minimum absolute atomic E-state index is 0.127. The van der Waals surface area contributed by atoms with E-state index < -0.39 is 0 Å². The third-order valence-corrected chi connectivity index (χ3v) is 1.86. The average Bonchev–Trinajstić information content (AvgIpc) is 2.31. The van der Waals surface area contributed by atoms with Crippen molar-refractivity contribution in [1.82, 2.24) is 15.0 Å². The molecular formula is C7H9N3O2. The summed E-state index contributed by atoms with van der Waals surface area (Å²) in [6.45, 7) is 3.29. The molecule has 0 atom stereocenters. The largest absolute Gasteiger partial charge is 0.339 e. The quantitative estimate of drug-likeness (QED) is 0.600. The highest BCUT2D eigenvalue weighted by Crippen LogP contribution is 2.09. The maximum absolute atomic E-state index is 11.4. The van der Waals surface area contributed by atoms with Crippen molar-refractivity contribution in [2.45, 2.75) is 13.3 Å². The Kier molecular flexibility index (Phi) is 1.56. The van der Waals surface area contributed by atoms with E-state index >= 15 is 0 Å². The van der Waals surface area contributed by atoms with Crippen LogP contribution in [0.25, 0.3) is 0 Å². The lowest BCUT2D eigenvalue weighted by atomic mass is 10.2. The molecule has 0 unspecified atom stereocenters. The Hall–Kier alpha value is -1.39. The Bertz CT molecular complexity index is 303. The first kappa shape index (κ1) is 7.27. The van der Waals surface area contributed by atoms with Crippen molar-refractivity contribution < 1.29 is 9.32 Å². The highest BCUT2D eigenvalue weighted by molar-refractivity contribution is 5.90. The van der Waals surface area contributed by atoms with E-state index in [-0.39, 0.29) is 11.7 Å². The fourth-order valence-corrected chi connectivity index (χ4v) is 1.05. The molecule has 64 valence electrons. The summed E-state index contributed by atoms with van der Waals surface area (Å²) in [4.78, 5) is 16.9. The van der Waals surface area contributed by atoms with Crippen LogP contribution in [0.15, 0.2) is 4.52 Å². The minimum atomic E-state index is -0.127. The first-order chi connectivity index (χ1) is 5.77. The predicted octanol–water partition coefficient (Wildman–Crippen LogP) is 0.224. The third-order valence-electron chi connectivity index (χ3n) is 1.86. The molecule has 0 spiro atoms. The zero-order valence-corrected chi connectivity index (χ0v) is 6.78. The number of rotatable bonds is 1. The SMILES string of the molecule is Cc1nc(C(=O)N2CCC2)no1. The second-order valence-electron chi connectivity index (χ2n) is 2.78. The van der Waals surface area contributed by atoms with E-state index in [0.717, 1.165) is 19.5 Å². The Balaban J connectivity index is 2.13. The maximum Gasteiger partial charge on any atom is 0.295 e. The highest BCUT2D eigenvalue weighted by Gasteiger charge is 2.25. The molecule has 0 bridgehead atoms. The van der Waals surface area contributed by atoms with Gasteiger partial charge in [0.1, 0.15) is 0 Å². The van der Waals surface area contributed by atoms with Crippen LogP contribution in [0.1, 0.15) is 22.9 Å². The lowest BCUT2D eigenvalue weighted by Gasteiger charge is -2.29. The number of hydrogen-bond acceptors (Lipinski definition) is 4. The molecule has 1 fully saturated rings. The summed E-state index contributed by atoms with van der Waals surface area (Å²) in [6, 6.07) is 0. The van der Waals surface area contributed by atoms with Crippen molar-refractivity contribution in [3.8, 4) is 0 Å². The molecule has 5 heteroatoms. The van der Waals surface area contributed by atoms with Gasteiger partial charge in [-0.05, 0) is 6.42 Å². The molecule has 5 nitrogen and oxygen atoms in total. The van der Waals surface area contributed by atoms with Gasteiger partial charge < -0.3 is 9.42 Å². The molecule has 0 N–H and O–H groups in total. The molecule has 0 radical (unpaired) electrons. The monoisotopic (exact) mass is 167 g/mol. The lowest BCUT2D eigenvalue weighted by Crippen LogP contribution is -2.42. The van der Waals surface area contributed by atoms with E-state index in [1.807, 2.05) is 0 Å². The van der Waals surface area contributed by atoms with Gasteiger partial charge in [0.25, 0.3) is 11.7 Å². The van der Waals surface area contributed by atoms with Crippen molar-refractivity contribution >= 4 is 5.91 Å². The Morgan fingerprint density at radius 3 is 2.75 bits per heavy atom. The predicted molar refractivity (Wildman–Crippen MR) is 39.6 cm³/mol. The van der Waals surface area contributed by atoms with E-state index in [9.17, 15) is 4.79 Å². The van der Waals surface area contributed by atoms with Crippen molar-refractivity contribution in [1.29, 1.82) is 0 Å². The maximum atomic E-state index is 11.4. The number of carbonyl (C=O) groups excluding carboxylic acids is 1. The van der Waals surface area contributed by atoms with Gasteiger partial charge in [0, 0.05) is 20.0 Å². The standard InChI is InChI=1S/C7H9N3O2/c1-5-8-6(9-12-5)7(11)10-3-2-4-10/h2-4H2,1H3. The first-order valence-electron chi connectivity index (χ1n) is 3.87. The summed E-state index contributed by atoms with van der Waals surface area (Å²) in [7, 11) is 0. The number of nitrogens with zero attached hydrogens (tertiary/aromatic N) is 3. The number of hydrogen-bond donors (Lipinski definition) is 0. The summed E-state index contributed by atoms with van der Waals surface area (Å²) < 4.78 is 4.70. The molecular weight excluding hydrogens is 158 g/mol. The van der Waals surface area contributed by atoms with Gasteiger partial charge >= 0.3 is 0 Å². The number of aryl methyl sites for hydroxylation is 1. The molecule has 12 heavy (non-hydrogen) atoms. The Morgan fingerprint density at radius 1 is 1.58 bits per heavy atom. The van der Waals surface area contributed by atoms with E-state index in [4.69, 9.17) is 4.52 Å². The second-order valence-corrected chi connectivity index (χ2v) is 2.78. The molecule has 1 amide bonds. The highest BCUT2D eigenvalue weighted by atomic mass is 16.5. The number of aromatic nitrogens is 2. The van der Waals surface area contributed by atoms with Crippen molar-refractivity contribution in [3.63, 3.8) is 0 Å². The van der Waals surface area contributed by atoms with Gasteiger partial charge in [-0.15, -0.1) is 0 Å². The molecule has 1 aliphatic rings. The number of amides is 1. The van der Waals surface area contributed by atoms with Crippen molar-refractivity contribution in [2.24, 2.45) is 0 Å². The van der Waals surface area contributed by atoms with E-state index in [1.165, 1.54) is 0 Å². The van der Waals surface area contributed by atoms with Gasteiger partial charge in [0.15, 0.2) is 0 Å². The Labute approximate surface area is 69.4 Å². The molecule has 1 aliphatic heterocycles. The van der Waals surface area contributed by atoms with Crippen LogP contribution in [0.3, 0.4) is 0 Å². The zero-order valence-electron chi connectivity index (χ0n) is 6.78. The summed E-state index contributed by atoms with van der Waals surface area (Å²) in [5.41, 5.74) is 0. The topological polar surface area (TPSA) is 59.2 Å². The van der Waals surface area contributed by atoms with Crippen LogP contribution < -0.4 is 0 Å². The van der Waals surface area contributed by atoms with Gasteiger partial charge in [0.2, 0.25) is 5.89 Å². The van der Waals surface area contributed by atoms with Crippen LogP contribution in [0.2, 0.25) is 0 Å². The average molecular weight is 167 g/mol. The summed E-state index contributed by atoms with van der Waals surface area (Å²) in [6.07, 6.45) is 1.07. The van der Waals surface area contributed by atoms with Gasteiger partial charge in [-0.3, -0.25) is 4.79 Å². The van der Waals surface area contributed by atoms with Crippen LogP contribution >= 0.6 is 0 Å². The third kappa shape index (κ3) is 1.07. The molecule has 0 aliphatic carbocycles. The minimum Gasteiger partial charge on any atom is -0.339 e. The van der Waals surface area contributed by atoms with Gasteiger partial charge in [0.05, 0.1) is 0 Å². The van der Waals surface area contributed by atoms with Gasteiger partial charge in [-0.2, -0.15) is 4.98 Å². The molecule has 2 rings (SSSR count). The van der Waals surface area contributed by atoms with E-state index in [2.05, 4.69) is 10.1 Å². The molecule has 0 saturated carbocycles. The van der Waals surface area contributed by atoms with Crippen LogP contribution in [-0.2, 0) is 0 Å². The van der Waals surface area contributed by atoms with Crippen LogP contribution in [0, 0.1) is 6.92 Å². The summed E-state index contributed by atoms with van der Waals surface area (Å²) >= 11 is 0. The molecule has 1 saturated heterocycles. The zero-order chi connectivity index (χ0) is 8.55. The van der Waals surface area contributed by atoms with E-state index in [0.29, 0.717) is 5.89 Å². The van der Waals surface area contributed by atoms with Crippen LogP contribution in [-0.4, -0.2) is 34.0 Å². The van der Waals surface area contributed by atoms with Gasteiger partial charge in [-0.25, -0.2) is 0 Å². The number of carbonyl (C=O) groups is 1. The molecule has 0 aromatic carbocycles. The normalized spacial score (nSPS) is 15.9. The van der Waals surface area contributed by atoms with E-state index in [1.54, 1.807) is 11.8 Å². The first-order valence-corrected chi connectivity index (χ1v) is 3.87. The second kappa shape index (κ2) is 2.58. The van der Waals surface area contributed by atoms with Crippen LogP contribution in [0.5, 0.6) is 0 Å². The van der Waals surface area contributed by atoms with Crippen molar-refractivity contribution in [3.05, 3.63) is 11.7 Å². The summed E-state index contributed by atoms with van der Waals surface area (Å²) in [5, 5.41) is 3.54. The molecule has 1 aromatic rings.